The first-order valence-corrected chi connectivity index (χ1v) is 8.73. The molecule has 2 heterocycles. The second-order valence-electron chi connectivity index (χ2n) is 7.83. The Morgan fingerprint density at radius 2 is 1.87 bits per heavy atom. The van der Waals surface area contributed by atoms with Gasteiger partial charge in [0.25, 0.3) is 0 Å². The Labute approximate surface area is 135 Å². The molecule has 0 radical (unpaired) electrons. The minimum Gasteiger partial charge on any atom is -0.301 e. The number of alkyl halides is 2. The van der Waals surface area contributed by atoms with Gasteiger partial charge in [-0.15, -0.1) is 0 Å². The van der Waals surface area contributed by atoms with Crippen molar-refractivity contribution in [1.29, 1.82) is 0 Å². The lowest BCUT2D eigenvalue weighted by molar-refractivity contribution is -0.0457. The maximum atomic E-state index is 13.4. The molecule has 0 aromatic carbocycles. The van der Waals surface area contributed by atoms with Crippen LogP contribution < -0.4 is 0 Å². The summed E-state index contributed by atoms with van der Waals surface area (Å²) in [6.45, 7) is 4.38. The standard InChI is InChI=1S/C19H24F2N2/c1-13-4-3-5-16-22-17(18(2)10-11-18)15(23(13)16)12-14-6-8-19(20,21)9-7-14/h3-5,14H,6-12H2,1-2H3. The molecule has 4 heteroatoms. The molecule has 2 aromatic rings. The van der Waals surface area contributed by atoms with Crippen LogP contribution in [-0.4, -0.2) is 15.3 Å². The number of rotatable bonds is 3. The average molecular weight is 318 g/mol. The van der Waals surface area contributed by atoms with Crippen LogP contribution in [0, 0.1) is 12.8 Å². The Kier molecular flexibility index (Phi) is 3.30. The molecular weight excluding hydrogens is 294 g/mol. The normalized spacial score (nSPS) is 23.3. The Morgan fingerprint density at radius 3 is 2.52 bits per heavy atom. The van der Waals surface area contributed by atoms with Crippen LogP contribution in [0.3, 0.4) is 0 Å². The fourth-order valence-electron chi connectivity index (χ4n) is 4.00. The zero-order chi connectivity index (χ0) is 16.2. The van der Waals surface area contributed by atoms with Crippen molar-refractivity contribution in [2.24, 2.45) is 5.92 Å². The van der Waals surface area contributed by atoms with E-state index in [2.05, 4.69) is 30.4 Å². The first kappa shape index (κ1) is 15.1. The van der Waals surface area contributed by atoms with Gasteiger partial charge in [0.1, 0.15) is 5.65 Å². The quantitative estimate of drug-likeness (QED) is 0.773. The van der Waals surface area contributed by atoms with Gasteiger partial charge in [0.2, 0.25) is 5.92 Å². The van der Waals surface area contributed by atoms with Crippen molar-refractivity contribution in [2.75, 3.05) is 0 Å². The van der Waals surface area contributed by atoms with E-state index < -0.39 is 5.92 Å². The molecule has 0 saturated heterocycles. The molecule has 2 nitrogen and oxygen atoms in total. The van der Waals surface area contributed by atoms with E-state index in [9.17, 15) is 8.78 Å². The van der Waals surface area contributed by atoms with E-state index in [1.54, 1.807) is 0 Å². The summed E-state index contributed by atoms with van der Waals surface area (Å²) in [6, 6.07) is 6.20. The Morgan fingerprint density at radius 1 is 1.17 bits per heavy atom. The molecule has 0 N–H and O–H groups in total. The molecule has 0 bridgehead atoms. The van der Waals surface area contributed by atoms with Crippen LogP contribution in [0.15, 0.2) is 18.2 Å². The number of hydrogen-bond donors (Lipinski definition) is 0. The topological polar surface area (TPSA) is 17.3 Å². The zero-order valence-corrected chi connectivity index (χ0v) is 13.9. The highest BCUT2D eigenvalue weighted by Gasteiger charge is 2.44. The largest absolute Gasteiger partial charge is 0.301 e. The van der Waals surface area contributed by atoms with Crippen LogP contribution in [-0.2, 0) is 11.8 Å². The summed E-state index contributed by atoms with van der Waals surface area (Å²) in [5.41, 5.74) is 4.87. The molecule has 124 valence electrons. The Bertz CT molecular complexity index is 733. The van der Waals surface area contributed by atoms with Crippen molar-refractivity contribution in [3.05, 3.63) is 35.3 Å². The third-order valence-corrected chi connectivity index (χ3v) is 5.82. The molecule has 4 rings (SSSR count). The van der Waals surface area contributed by atoms with Crippen LogP contribution in [0.4, 0.5) is 8.78 Å². The van der Waals surface area contributed by atoms with E-state index in [4.69, 9.17) is 4.98 Å². The Balaban J connectivity index is 1.71. The number of fused-ring (bicyclic) bond motifs is 1. The minimum absolute atomic E-state index is 0.0417. The fraction of sp³-hybridized carbons (Fsp3) is 0.632. The molecule has 0 aliphatic heterocycles. The highest BCUT2D eigenvalue weighted by Crippen LogP contribution is 2.49. The third kappa shape index (κ3) is 2.66. The van der Waals surface area contributed by atoms with E-state index in [-0.39, 0.29) is 18.3 Å². The van der Waals surface area contributed by atoms with Crippen LogP contribution in [0.5, 0.6) is 0 Å². The van der Waals surface area contributed by atoms with Crippen LogP contribution >= 0.6 is 0 Å². The minimum atomic E-state index is -2.45. The molecule has 0 atom stereocenters. The number of pyridine rings is 1. The molecule has 2 aliphatic carbocycles. The second-order valence-corrected chi connectivity index (χ2v) is 7.83. The van der Waals surface area contributed by atoms with Gasteiger partial charge in [-0.3, -0.25) is 0 Å². The van der Waals surface area contributed by atoms with Crippen molar-refractivity contribution in [2.45, 2.75) is 70.1 Å². The summed E-state index contributed by atoms with van der Waals surface area (Å²) in [5.74, 6) is -2.09. The lowest BCUT2D eigenvalue weighted by atomic mass is 9.83. The van der Waals surface area contributed by atoms with Crippen molar-refractivity contribution in [3.63, 3.8) is 0 Å². The summed E-state index contributed by atoms with van der Waals surface area (Å²) >= 11 is 0. The lowest BCUT2D eigenvalue weighted by Gasteiger charge is -2.28. The van der Waals surface area contributed by atoms with Gasteiger partial charge in [-0.1, -0.05) is 13.0 Å². The highest BCUT2D eigenvalue weighted by atomic mass is 19.3. The molecule has 2 aromatic heterocycles. The average Bonchev–Trinajstić information content (AvgIpc) is 3.12. The van der Waals surface area contributed by atoms with Crippen molar-refractivity contribution in [3.8, 4) is 0 Å². The van der Waals surface area contributed by atoms with Gasteiger partial charge in [-0.25, -0.2) is 13.8 Å². The van der Waals surface area contributed by atoms with Gasteiger partial charge in [-0.05, 0) is 57.1 Å². The second kappa shape index (κ2) is 5.02. The summed E-state index contributed by atoms with van der Waals surface area (Å²) < 4.78 is 29.1. The molecule has 2 fully saturated rings. The van der Waals surface area contributed by atoms with Gasteiger partial charge < -0.3 is 4.40 Å². The van der Waals surface area contributed by atoms with E-state index in [1.165, 1.54) is 29.9 Å². The number of imidazole rings is 1. The molecule has 2 aliphatic rings. The van der Waals surface area contributed by atoms with E-state index in [1.807, 2.05) is 6.07 Å². The summed E-state index contributed by atoms with van der Waals surface area (Å²) in [7, 11) is 0. The molecule has 0 unspecified atom stereocenters. The number of aryl methyl sites for hydroxylation is 1. The predicted molar refractivity (Wildman–Crippen MR) is 87.1 cm³/mol. The monoisotopic (exact) mass is 318 g/mol. The summed E-state index contributed by atoms with van der Waals surface area (Å²) in [6.07, 6.45) is 4.59. The number of hydrogen-bond acceptors (Lipinski definition) is 1. The van der Waals surface area contributed by atoms with E-state index in [0.717, 1.165) is 12.1 Å². The summed E-state index contributed by atoms with van der Waals surface area (Å²) in [4.78, 5) is 4.92. The SMILES string of the molecule is Cc1cccc2nc(C3(C)CC3)c(CC3CCC(F)(F)CC3)n12. The number of nitrogens with zero attached hydrogens (tertiary/aromatic N) is 2. The van der Waals surface area contributed by atoms with E-state index in [0.29, 0.717) is 18.8 Å². The van der Waals surface area contributed by atoms with Gasteiger partial charge >= 0.3 is 0 Å². The molecule has 2 saturated carbocycles. The van der Waals surface area contributed by atoms with Gasteiger partial charge in [0, 0.05) is 29.6 Å². The Hall–Kier alpha value is -1.45. The fourth-order valence-corrected chi connectivity index (χ4v) is 4.00. The maximum absolute atomic E-state index is 13.4. The zero-order valence-electron chi connectivity index (χ0n) is 13.9. The van der Waals surface area contributed by atoms with Crippen LogP contribution in [0.25, 0.3) is 5.65 Å². The van der Waals surface area contributed by atoms with Gasteiger partial charge in [0.15, 0.2) is 0 Å². The smallest absolute Gasteiger partial charge is 0.248 e. The van der Waals surface area contributed by atoms with Crippen LogP contribution in [0.1, 0.15) is 62.5 Å². The van der Waals surface area contributed by atoms with Crippen LogP contribution in [0.2, 0.25) is 0 Å². The number of halogens is 2. The molecular formula is C19H24F2N2. The summed E-state index contributed by atoms with van der Waals surface area (Å²) in [5, 5.41) is 0. The molecule has 23 heavy (non-hydrogen) atoms. The number of aromatic nitrogens is 2. The van der Waals surface area contributed by atoms with Crippen molar-refractivity contribution < 1.29 is 8.78 Å². The van der Waals surface area contributed by atoms with Gasteiger partial charge in [0.05, 0.1) is 5.69 Å². The maximum Gasteiger partial charge on any atom is 0.248 e. The predicted octanol–water partition coefficient (Wildman–Crippen LogP) is 5.06. The van der Waals surface area contributed by atoms with Crippen molar-refractivity contribution in [1.82, 2.24) is 9.38 Å². The third-order valence-electron chi connectivity index (χ3n) is 5.82. The first-order chi connectivity index (χ1) is 10.9. The van der Waals surface area contributed by atoms with E-state index >= 15 is 0 Å². The highest BCUT2D eigenvalue weighted by molar-refractivity contribution is 5.48. The molecule has 0 amide bonds. The van der Waals surface area contributed by atoms with Gasteiger partial charge in [-0.2, -0.15) is 0 Å². The lowest BCUT2D eigenvalue weighted by Crippen LogP contribution is -2.26. The first-order valence-electron chi connectivity index (χ1n) is 8.73. The molecule has 0 spiro atoms. The van der Waals surface area contributed by atoms with Crippen molar-refractivity contribution >= 4 is 5.65 Å².